The first-order valence-electron chi connectivity index (χ1n) is 8.30. The van der Waals surface area contributed by atoms with Crippen LogP contribution in [0.1, 0.15) is 0 Å². The second-order valence-corrected chi connectivity index (χ2v) is 6.12. The number of pyridine rings is 1. The Bertz CT molecular complexity index is 1230. The molecule has 5 nitrogen and oxygen atoms in total. The van der Waals surface area contributed by atoms with E-state index in [1.807, 2.05) is 36.4 Å². The minimum Gasteiger partial charge on any atom is -0.506 e. The Labute approximate surface area is 149 Å². The van der Waals surface area contributed by atoms with E-state index < -0.39 is 0 Å². The van der Waals surface area contributed by atoms with E-state index in [-0.39, 0.29) is 5.75 Å². The number of tetrazole rings is 1. The van der Waals surface area contributed by atoms with Crippen LogP contribution < -0.4 is 0 Å². The molecule has 26 heavy (non-hydrogen) atoms. The summed E-state index contributed by atoms with van der Waals surface area (Å²) in [4.78, 5) is 0. The van der Waals surface area contributed by atoms with Gasteiger partial charge in [0.1, 0.15) is 11.3 Å². The van der Waals surface area contributed by atoms with Crippen molar-refractivity contribution >= 4 is 16.6 Å². The first-order chi connectivity index (χ1) is 12.8. The van der Waals surface area contributed by atoms with Crippen LogP contribution >= 0.6 is 0 Å². The Morgan fingerprint density at radius 1 is 0.692 bits per heavy atom. The quantitative estimate of drug-likeness (QED) is 0.521. The van der Waals surface area contributed by atoms with Gasteiger partial charge < -0.3 is 5.11 Å². The number of fused-ring (bicyclic) bond motifs is 3. The van der Waals surface area contributed by atoms with Gasteiger partial charge in [0.05, 0.1) is 0 Å². The zero-order valence-corrected chi connectivity index (χ0v) is 13.7. The van der Waals surface area contributed by atoms with Gasteiger partial charge in [-0.2, -0.15) is 4.52 Å². The SMILES string of the molecule is Oc1ccc(-c2ccc(-c3ccccc3)cc2)c2ccc3nnnn3c12. The maximum Gasteiger partial charge on any atom is 0.180 e. The van der Waals surface area contributed by atoms with E-state index in [2.05, 4.69) is 51.9 Å². The second-order valence-electron chi connectivity index (χ2n) is 6.12. The molecule has 3 aromatic carbocycles. The van der Waals surface area contributed by atoms with Gasteiger partial charge in [0, 0.05) is 5.39 Å². The van der Waals surface area contributed by atoms with Crippen LogP contribution in [-0.4, -0.2) is 25.1 Å². The molecule has 0 aliphatic rings. The number of phenolic OH excluding ortho intramolecular Hbond substituents is 1. The van der Waals surface area contributed by atoms with Crippen molar-refractivity contribution in [3.8, 4) is 28.0 Å². The average molecular weight is 338 g/mol. The van der Waals surface area contributed by atoms with Gasteiger partial charge in [0.25, 0.3) is 0 Å². The highest BCUT2D eigenvalue weighted by Gasteiger charge is 2.12. The van der Waals surface area contributed by atoms with E-state index in [4.69, 9.17) is 0 Å². The van der Waals surface area contributed by atoms with Crippen molar-refractivity contribution < 1.29 is 5.11 Å². The van der Waals surface area contributed by atoms with Gasteiger partial charge in [-0.05, 0) is 56.9 Å². The fraction of sp³-hybridized carbons (Fsp3) is 0. The van der Waals surface area contributed by atoms with Crippen LogP contribution in [0.25, 0.3) is 38.8 Å². The van der Waals surface area contributed by atoms with Crippen molar-refractivity contribution in [1.29, 1.82) is 0 Å². The van der Waals surface area contributed by atoms with Crippen molar-refractivity contribution in [2.75, 3.05) is 0 Å². The van der Waals surface area contributed by atoms with Crippen molar-refractivity contribution in [1.82, 2.24) is 20.0 Å². The van der Waals surface area contributed by atoms with E-state index in [9.17, 15) is 5.11 Å². The number of benzene rings is 3. The molecular weight excluding hydrogens is 324 g/mol. The summed E-state index contributed by atoms with van der Waals surface area (Å²) in [6, 6.07) is 26.1. The molecule has 0 aliphatic heterocycles. The lowest BCUT2D eigenvalue weighted by molar-refractivity contribution is 0.479. The number of hydrogen-bond donors (Lipinski definition) is 1. The lowest BCUT2D eigenvalue weighted by Gasteiger charge is -2.10. The number of aromatic hydroxyl groups is 1. The molecule has 0 radical (unpaired) electrons. The van der Waals surface area contributed by atoms with Gasteiger partial charge in [-0.1, -0.05) is 54.6 Å². The molecular formula is C21H14N4O. The Kier molecular flexibility index (Phi) is 3.18. The van der Waals surface area contributed by atoms with Gasteiger partial charge in [0.2, 0.25) is 0 Å². The standard InChI is InChI=1S/C21H14N4O/c26-19-12-10-17(18-11-13-20-22-23-24-25(20)21(18)19)16-8-6-15(7-9-16)14-4-2-1-3-5-14/h1-13,26H. The Morgan fingerprint density at radius 3 is 2.23 bits per heavy atom. The lowest BCUT2D eigenvalue weighted by atomic mass is 9.97. The zero-order chi connectivity index (χ0) is 17.5. The maximum atomic E-state index is 10.3. The van der Waals surface area contributed by atoms with Crippen LogP contribution in [0.5, 0.6) is 5.75 Å². The summed E-state index contributed by atoms with van der Waals surface area (Å²) in [6.07, 6.45) is 0. The summed E-state index contributed by atoms with van der Waals surface area (Å²) in [5.41, 5.74) is 5.66. The highest BCUT2D eigenvalue weighted by molar-refractivity contribution is 5.99. The molecule has 1 N–H and O–H groups in total. The van der Waals surface area contributed by atoms with Crippen molar-refractivity contribution in [2.45, 2.75) is 0 Å². The molecule has 5 aromatic rings. The molecule has 0 aliphatic carbocycles. The van der Waals surface area contributed by atoms with Gasteiger partial charge >= 0.3 is 0 Å². The van der Waals surface area contributed by atoms with Gasteiger partial charge in [-0.15, -0.1) is 5.10 Å². The minimum absolute atomic E-state index is 0.155. The fourth-order valence-corrected chi connectivity index (χ4v) is 3.33. The Hall–Kier alpha value is -3.73. The van der Waals surface area contributed by atoms with Crippen LogP contribution in [0, 0.1) is 0 Å². The second kappa shape index (κ2) is 5.67. The first kappa shape index (κ1) is 14.6. The van der Waals surface area contributed by atoms with E-state index >= 15 is 0 Å². The fourth-order valence-electron chi connectivity index (χ4n) is 3.33. The predicted octanol–water partition coefficient (Wildman–Crippen LogP) is 4.32. The molecule has 0 amide bonds. The predicted molar refractivity (Wildman–Crippen MR) is 101 cm³/mol. The summed E-state index contributed by atoms with van der Waals surface area (Å²) in [5.74, 6) is 0.155. The molecule has 0 atom stereocenters. The molecule has 5 heteroatoms. The number of rotatable bonds is 2. The molecule has 2 heterocycles. The van der Waals surface area contributed by atoms with E-state index in [0.717, 1.165) is 16.5 Å². The summed E-state index contributed by atoms with van der Waals surface area (Å²) < 4.78 is 1.56. The number of phenols is 1. The van der Waals surface area contributed by atoms with Crippen molar-refractivity contribution in [3.63, 3.8) is 0 Å². The minimum atomic E-state index is 0.155. The number of nitrogens with zero attached hydrogens (tertiary/aromatic N) is 4. The van der Waals surface area contributed by atoms with Crippen LogP contribution in [0.2, 0.25) is 0 Å². The third-order valence-corrected chi connectivity index (χ3v) is 4.60. The Balaban J connectivity index is 1.69. The highest BCUT2D eigenvalue weighted by Crippen LogP contribution is 2.34. The monoisotopic (exact) mass is 338 g/mol. The van der Waals surface area contributed by atoms with Gasteiger partial charge in [-0.3, -0.25) is 0 Å². The van der Waals surface area contributed by atoms with Gasteiger partial charge in [-0.25, -0.2) is 0 Å². The summed E-state index contributed by atoms with van der Waals surface area (Å²) >= 11 is 0. The van der Waals surface area contributed by atoms with Crippen LogP contribution in [-0.2, 0) is 0 Å². The maximum absolute atomic E-state index is 10.3. The molecule has 124 valence electrons. The average Bonchev–Trinajstić information content (AvgIpc) is 3.18. The molecule has 0 saturated carbocycles. The van der Waals surface area contributed by atoms with Crippen molar-refractivity contribution in [2.24, 2.45) is 0 Å². The highest BCUT2D eigenvalue weighted by atomic mass is 16.3. The van der Waals surface area contributed by atoms with Crippen molar-refractivity contribution in [3.05, 3.63) is 78.9 Å². The Morgan fingerprint density at radius 2 is 1.42 bits per heavy atom. The van der Waals surface area contributed by atoms with E-state index in [1.54, 1.807) is 10.6 Å². The summed E-state index contributed by atoms with van der Waals surface area (Å²) in [7, 11) is 0. The third-order valence-electron chi connectivity index (χ3n) is 4.60. The topological polar surface area (TPSA) is 63.3 Å². The molecule has 0 saturated heterocycles. The third kappa shape index (κ3) is 2.22. The molecule has 0 fully saturated rings. The lowest BCUT2D eigenvalue weighted by Crippen LogP contribution is -1.93. The normalized spacial score (nSPS) is 11.2. The smallest absolute Gasteiger partial charge is 0.180 e. The van der Waals surface area contributed by atoms with Crippen LogP contribution in [0.4, 0.5) is 0 Å². The van der Waals surface area contributed by atoms with E-state index in [0.29, 0.717) is 11.2 Å². The molecule has 0 bridgehead atoms. The molecule has 0 unspecified atom stereocenters. The largest absolute Gasteiger partial charge is 0.506 e. The molecule has 0 spiro atoms. The van der Waals surface area contributed by atoms with Crippen LogP contribution in [0.15, 0.2) is 78.9 Å². The molecule has 2 aromatic heterocycles. The van der Waals surface area contributed by atoms with Crippen LogP contribution in [0.3, 0.4) is 0 Å². The molecule has 5 rings (SSSR count). The number of aromatic nitrogens is 4. The summed E-state index contributed by atoms with van der Waals surface area (Å²) in [6.45, 7) is 0. The van der Waals surface area contributed by atoms with Gasteiger partial charge in [0.15, 0.2) is 5.65 Å². The summed E-state index contributed by atoms with van der Waals surface area (Å²) in [5, 5.41) is 22.9. The first-order valence-corrected chi connectivity index (χ1v) is 8.30. The zero-order valence-electron chi connectivity index (χ0n) is 13.7. The number of hydrogen-bond acceptors (Lipinski definition) is 4. The van der Waals surface area contributed by atoms with E-state index in [1.165, 1.54) is 11.1 Å².